The molecule has 0 radical (unpaired) electrons. The van der Waals surface area contributed by atoms with Gasteiger partial charge in [0.05, 0.1) is 6.04 Å². The summed E-state index contributed by atoms with van der Waals surface area (Å²) in [6, 6.07) is 13.9. The maximum atomic E-state index is 12.1. The van der Waals surface area contributed by atoms with Crippen molar-refractivity contribution in [2.45, 2.75) is 31.9 Å². The van der Waals surface area contributed by atoms with E-state index in [2.05, 4.69) is 15.6 Å². The van der Waals surface area contributed by atoms with E-state index < -0.39 is 0 Å². The van der Waals surface area contributed by atoms with Crippen LogP contribution in [0.25, 0.3) is 0 Å². The van der Waals surface area contributed by atoms with Crippen LogP contribution in [0.2, 0.25) is 0 Å². The first-order valence-corrected chi connectivity index (χ1v) is 8.35. The van der Waals surface area contributed by atoms with Crippen LogP contribution in [0, 0.1) is 6.92 Å². The second-order valence-corrected chi connectivity index (χ2v) is 6.06. The lowest BCUT2D eigenvalue weighted by Crippen LogP contribution is -2.43. The van der Waals surface area contributed by atoms with Crippen LogP contribution in [0.5, 0.6) is 0 Å². The van der Waals surface area contributed by atoms with Crippen LogP contribution in [0.3, 0.4) is 0 Å². The molecule has 1 saturated heterocycles. The van der Waals surface area contributed by atoms with Crippen LogP contribution in [0.4, 0.5) is 4.79 Å². The van der Waals surface area contributed by atoms with E-state index >= 15 is 0 Å². The van der Waals surface area contributed by atoms with Gasteiger partial charge >= 0.3 is 6.03 Å². The summed E-state index contributed by atoms with van der Waals surface area (Å²) in [7, 11) is 0. The van der Waals surface area contributed by atoms with E-state index in [1.807, 2.05) is 55.6 Å². The second kappa shape index (κ2) is 7.93. The Morgan fingerprint density at radius 2 is 2.08 bits per heavy atom. The summed E-state index contributed by atoms with van der Waals surface area (Å²) in [6.07, 6.45) is 3.38. The molecule has 24 heavy (non-hydrogen) atoms. The van der Waals surface area contributed by atoms with Crippen molar-refractivity contribution in [3.8, 4) is 0 Å². The zero-order valence-corrected chi connectivity index (χ0v) is 13.9. The number of carbonyl (C=O) groups excluding carboxylic acids is 1. The van der Waals surface area contributed by atoms with E-state index in [-0.39, 0.29) is 18.2 Å². The molecule has 2 amide bonds. The Labute approximate surface area is 142 Å². The maximum absolute atomic E-state index is 12.1. The number of urea groups is 1. The molecular weight excluding hydrogens is 302 g/mol. The number of amides is 2. The number of benzene rings is 1. The van der Waals surface area contributed by atoms with Gasteiger partial charge in [0.15, 0.2) is 0 Å². The molecule has 0 saturated carbocycles. The summed E-state index contributed by atoms with van der Waals surface area (Å²) in [4.78, 5) is 16.4. The first-order chi connectivity index (χ1) is 11.7. The van der Waals surface area contributed by atoms with Gasteiger partial charge < -0.3 is 15.4 Å². The smallest absolute Gasteiger partial charge is 0.315 e. The highest BCUT2D eigenvalue weighted by Crippen LogP contribution is 2.28. The number of aromatic nitrogens is 1. The molecular formula is C19H23N3O2. The van der Waals surface area contributed by atoms with Crippen molar-refractivity contribution in [1.29, 1.82) is 0 Å². The zero-order valence-electron chi connectivity index (χ0n) is 13.9. The van der Waals surface area contributed by atoms with E-state index in [1.165, 1.54) is 0 Å². The molecule has 2 N–H and O–H groups in total. The lowest BCUT2D eigenvalue weighted by molar-refractivity contribution is 0.0999. The molecule has 0 spiro atoms. The minimum Gasteiger partial charge on any atom is -0.371 e. The molecule has 2 heterocycles. The van der Waals surface area contributed by atoms with E-state index in [1.54, 1.807) is 0 Å². The van der Waals surface area contributed by atoms with Gasteiger partial charge in [-0.05, 0) is 37.0 Å². The highest BCUT2D eigenvalue weighted by Gasteiger charge is 2.30. The lowest BCUT2D eigenvalue weighted by Gasteiger charge is -2.20. The van der Waals surface area contributed by atoms with Gasteiger partial charge in [-0.1, -0.05) is 36.4 Å². The maximum Gasteiger partial charge on any atom is 0.315 e. The third-order valence-electron chi connectivity index (χ3n) is 4.21. The predicted octanol–water partition coefficient (Wildman–Crippen LogP) is 2.76. The van der Waals surface area contributed by atoms with Crippen LogP contribution in [-0.4, -0.2) is 30.2 Å². The van der Waals surface area contributed by atoms with E-state index in [9.17, 15) is 4.79 Å². The average Bonchev–Trinajstić information content (AvgIpc) is 3.05. The van der Waals surface area contributed by atoms with Crippen LogP contribution < -0.4 is 10.6 Å². The predicted molar refractivity (Wildman–Crippen MR) is 92.8 cm³/mol. The Morgan fingerprint density at radius 1 is 1.25 bits per heavy atom. The van der Waals surface area contributed by atoms with Crippen molar-refractivity contribution >= 4 is 6.03 Å². The number of nitrogens with one attached hydrogen (secondary N) is 2. The molecule has 5 heteroatoms. The molecule has 5 nitrogen and oxygen atoms in total. The van der Waals surface area contributed by atoms with E-state index in [0.29, 0.717) is 13.2 Å². The number of rotatable bonds is 5. The van der Waals surface area contributed by atoms with Crippen molar-refractivity contribution in [3.63, 3.8) is 0 Å². The second-order valence-electron chi connectivity index (χ2n) is 6.06. The largest absolute Gasteiger partial charge is 0.371 e. The topological polar surface area (TPSA) is 63.2 Å². The Balaban J connectivity index is 1.46. The Kier molecular flexibility index (Phi) is 5.43. The van der Waals surface area contributed by atoms with Crippen LogP contribution in [0.15, 0.2) is 48.7 Å². The number of aryl methyl sites for hydroxylation is 1. The van der Waals surface area contributed by atoms with Crippen molar-refractivity contribution in [2.75, 3.05) is 13.2 Å². The molecule has 126 valence electrons. The molecule has 0 bridgehead atoms. The fourth-order valence-electron chi connectivity index (χ4n) is 2.89. The molecule has 1 aliphatic rings. The summed E-state index contributed by atoms with van der Waals surface area (Å²) in [5, 5.41) is 5.94. The molecule has 2 atom stereocenters. The Bertz CT molecular complexity index is 658. The molecule has 1 aromatic carbocycles. The molecule has 1 aromatic heterocycles. The van der Waals surface area contributed by atoms with Gasteiger partial charge in [0.1, 0.15) is 6.10 Å². The van der Waals surface area contributed by atoms with Crippen molar-refractivity contribution in [1.82, 2.24) is 15.6 Å². The Hall–Kier alpha value is -2.40. The molecule has 2 aromatic rings. The first kappa shape index (κ1) is 16.5. The summed E-state index contributed by atoms with van der Waals surface area (Å²) < 4.78 is 5.79. The van der Waals surface area contributed by atoms with Crippen molar-refractivity contribution < 1.29 is 9.53 Å². The van der Waals surface area contributed by atoms with Gasteiger partial charge in [0, 0.05) is 25.0 Å². The van der Waals surface area contributed by atoms with Gasteiger partial charge in [-0.25, -0.2) is 4.79 Å². The fourth-order valence-corrected chi connectivity index (χ4v) is 2.89. The van der Waals surface area contributed by atoms with Crippen molar-refractivity contribution in [3.05, 3.63) is 65.5 Å². The van der Waals surface area contributed by atoms with Crippen molar-refractivity contribution in [2.24, 2.45) is 0 Å². The number of nitrogens with zero attached hydrogens (tertiary/aromatic N) is 1. The number of ether oxygens (including phenoxy) is 1. The van der Waals surface area contributed by atoms with Gasteiger partial charge in [-0.3, -0.25) is 4.98 Å². The van der Waals surface area contributed by atoms with E-state index in [4.69, 9.17) is 4.74 Å². The average molecular weight is 325 g/mol. The summed E-state index contributed by atoms with van der Waals surface area (Å²) in [5.41, 5.74) is 3.22. The summed E-state index contributed by atoms with van der Waals surface area (Å²) in [5.74, 6) is 0. The normalized spacial score (nSPS) is 19.9. The van der Waals surface area contributed by atoms with E-state index in [0.717, 1.165) is 29.7 Å². The van der Waals surface area contributed by atoms with Gasteiger partial charge in [-0.2, -0.15) is 0 Å². The number of hydrogen-bond donors (Lipinski definition) is 2. The number of carbonyl (C=O) groups is 1. The van der Waals surface area contributed by atoms with Crippen LogP contribution >= 0.6 is 0 Å². The van der Waals surface area contributed by atoms with Gasteiger partial charge in [0.2, 0.25) is 0 Å². The van der Waals surface area contributed by atoms with Gasteiger partial charge in [0.25, 0.3) is 0 Å². The molecule has 1 fully saturated rings. The first-order valence-electron chi connectivity index (χ1n) is 8.35. The third-order valence-corrected chi connectivity index (χ3v) is 4.21. The summed E-state index contributed by atoms with van der Waals surface area (Å²) >= 11 is 0. The number of pyridine rings is 1. The molecule has 0 aliphatic carbocycles. The quantitative estimate of drug-likeness (QED) is 0.888. The Morgan fingerprint density at radius 3 is 2.83 bits per heavy atom. The van der Waals surface area contributed by atoms with Gasteiger partial charge in [-0.15, -0.1) is 0 Å². The lowest BCUT2D eigenvalue weighted by atomic mass is 10.0. The SMILES string of the molecule is Cc1ccc(CCNC(=O)N[C@@H]2CCO[C@H]2c2ccccc2)cn1. The van der Waals surface area contributed by atoms with Crippen LogP contribution in [-0.2, 0) is 11.2 Å². The minimum atomic E-state index is -0.147. The molecule has 3 rings (SSSR count). The molecule has 0 unspecified atom stereocenters. The highest BCUT2D eigenvalue weighted by molar-refractivity contribution is 5.74. The standard InChI is InChI=1S/C19H23N3O2/c1-14-7-8-15(13-21-14)9-11-20-19(23)22-17-10-12-24-18(17)16-5-3-2-4-6-16/h2-8,13,17-18H,9-12H2,1H3,(H2,20,22,23)/t17-,18+/m1/s1. The highest BCUT2D eigenvalue weighted by atomic mass is 16.5. The third kappa shape index (κ3) is 4.32. The zero-order chi connectivity index (χ0) is 16.8. The monoisotopic (exact) mass is 325 g/mol. The number of hydrogen-bond acceptors (Lipinski definition) is 3. The fraction of sp³-hybridized carbons (Fsp3) is 0.368. The molecule has 1 aliphatic heterocycles. The summed E-state index contributed by atoms with van der Waals surface area (Å²) in [6.45, 7) is 3.21. The van der Waals surface area contributed by atoms with Crippen LogP contribution in [0.1, 0.15) is 29.3 Å². The minimum absolute atomic E-state index is 0.00782.